The van der Waals surface area contributed by atoms with Crippen molar-refractivity contribution in [2.24, 2.45) is 0 Å². The summed E-state index contributed by atoms with van der Waals surface area (Å²) >= 11 is 7.65. The molecule has 0 fully saturated rings. The lowest BCUT2D eigenvalue weighted by atomic mass is 9.96. The highest BCUT2D eigenvalue weighted by Crippen LogP contribution is 2.37. The first-order chi connectivity index (χ1) is 20.0. The summed E-state index contributed by atoms with van der Waals surface area (Å²) in [5.41, 5.74) is 5.02. The molecule has 8 nitrogen and oxygen atoms in total. The van der Waals surface area contributed by atoms with Crippen LogP contribution in [0.2, 0.25) is 5.02 Å². The fourth-order valence-electron chi connectivity index (χ4n) is 4.65. The standard InChI is InChI=1S/C31H26ClN5O3S/c1-3-39-29(38)26-19(2)34-30-35-31(36-37(30)27(26)22-13-15-24(32)16-14-22)41-18-20-9-11-23(12-10-20)28-33-17-25(40-28)21-7-5-4-6-8-21/h4-17,27H,3,18H2,1-2H3,(H,34,35,36)/t27-/m1/s1. The molecule has 0 saturated heterocycles. The third kappa shape index (κ3) is 5.64. The van der Waals surface area contributed by atoms with E-state index in [-0.39, 0.29) is 6.61 Å². The van der Waals surface area contributed by atoms with Crippen molar-refractivity contribution in [3.05, 3.63) is 112 Å². The number of benzene rings is 3. The maximum absolute atomic E-state index is 13.0. The number of esters is 1. The third-order valence-corrected chi connectivity index (χ3v) is 7.81. The molecule has 206 valence electrons. The fourth-order valence-corrected chi connectivity index (χ4v) is 5.56. The first-order valence-electron chi connectivity index (χ1n) is 13.1. The molecule has 41 heavy (non-hydrogen) atoms. The van der Waals surface area contributed by atoms with Gasteiger partial charge in [0.1, 0.15) is 6.04 Å². The number of aromatic nitrogens is 4. The number of ether oxygens (including phenoxy) is 1. The number of fused-ring (bicyclic) bond motifs is 1. The van der Waals surface area contributed by atoms with Crippen molar-refractivity contribution in [1.82, 2.24) is 19.7 Å². The highest BCUT2D eigenvalue weighted by molar-refractivity contribution is 7.98. The summed E-state index contributed by atoms with van der Waals surface area (Å²) < 4.78 is 13.1. The normalized spacial score (nSPS) is 14.5. The molecule has 0 radical (unpaired) electrons. The van der Waals surface area contributed by atoms with Crippen molar-refractivity contribution in [3.63, 3.8) is 0 Å². The van der Waals surface area contributed by atoms with Crippen LogP contribution in [0.3, 0.4) is 0 Å². The molecular weight excluding hydrogens is 558 g/mol. The molecular formula is C31H26ClN5O3S. The second-order valence-electron chi connectivity index (χ2n) is 9.38. The molecule has 1 aliphatic heterocycles. The summed E-state index contributed by atoms with van der Waals surface area (Å²) in [6, 6.07) is 24.9. The molecule has 1 aliphatic rings. The first kappa shape index (κ1) is 26.9. The first-order valence-corrected chi connectivity index (χ1v) is 14.5. The zero-order chi connectivity index (χ0) is 28.3. The number of nitrogens with one attached hydrogen (secondary N) is 1. The van der Waals surface area contributed by atoms with Gasteiger partial charge in [-0.1, -0.05) is 78.0 Å². The maximum atomic E-state index is 13.0. The number of thioether (sulfide) groups is 1. The highest BCUT2D eigenvalue weighted by atomic mass is 35.5. The molecule has 0 spiro atoms. The van der Waals surface area contributed by atoms with Gasteiger partial charge < -0.3 is 14.5 Å². The van der Waals surface area contributed by atoms with Gasteiger partial charge in [0.15, 0.2) is 5.76 Å². The van der Waals surface area contributed by atoms with E-state index in [0.717, 1.165) is 28.0 Å². The van der Waals surface area contributed by atoms with Gasteiger partial charge in [-0.15, -0.1) is 5.10 Å². The lowest BCUT2D eigenvalue weighted by Crippen LogP contribution is -2.29. The summed E-state index contributed by atoms with van der Waals surface area (Å²) in [4.78, 5) is 22.1. The SMILES string of the molecule is CCOC(=O)C1=C(C)Nc2nc(SCc3ccc(-c4ncc(-c5ccccc5)o4)cc3)nn2[C@@H]1c1ccc(Cl)cc1. The number of hydrogen-bond acceptors (Lipinski definition) is 8. The van der Waals surface area contributed by atoms with Gasteiger partial charge in [-0.05, 0) is 49.2 Å². The molecule has 3 heterocycles. The summed E-state index contributed by atoms with van der Waals surface area (Å²) in [6.07, 6.45) is 1.75. The van der Waals surface area contributed by atoms with Crippen molar-refractivity contribution in [1.29, 1.82) is 0 Å². The molecule has 10 heteroatoms. The number of halogens is 1. The molecule has 0 saturated carbocycles. The average molecular weight is 584 g/mol. The monoisotopic (exact) mass is 583 g/mol. The van der Waals surface area contributed by atoms with Gasteiger partial charge in [0.2, 0.25) is 17.0 Å². The van der Waals surface area contributed by atoms with E-state index in [1.165, 1.54) is 11.8 Å². The fraction of sp³-hybridized carbons (Fsp3) is 0.161. The van der Waals surface area contributed by atoms with Gasteiger partial charge >= 0.3 is 5.97 Å². The molecule has 3 aromatic carbocycles. The number of nitrogens with zero attached hydrogens (tertiary/aromatic N) is 4. The molecule has 6 rings (SSSR count). The Morgan fingerprint density at radius 1 is 1.05 bits per heavy atom. The van der Waals surface area contributed by atoms with Crippen molar-refractivity contribution in [2.45, 2.75) is 30.8 Å². The van der Waals surface area contributed by atoms with Crippen LogP contribution in [0.15, 0.2) is 106 Å². The molecule has 1 atom stereocenters. The minimum Gasteiger partial charge on any atom is -0.463 e. The predicted molar refractivity (Wildman–Crippen MR) is 160 cm³/mol. The van der Waals surface area contributed by atoms with Gasteiger partial charge in [0.25, 0.3) is 0 Å². The van der Waals surface area contributed by atoms with Gasteiger partial charge in [0, 0.05) is 27.6 Å². The molecule has 5 aromatic rings. The summed E-state index contributed by atoms with van der Waals surface area (Å²) in [7, 11) is 0. The van der Waals surface area contributed by atoms with E-state index in [1.807, 2.05) is 73.7 Å². The predicted octanol–water partition coefficient (Wildman–Crippen LogP) is 7.40. The highest BCUT2D eigenvalue weighted by Gasteiger charge is 2.35. The van der Waals surface area contributed by atoms with Crippen LogP contribution < -0.4 is 5.32 Å². The van der Waals surface area contributed by atoms with Crippen LogP contribution in [0.1, 0.15) is 31.0 Å². The topological polar surface area (TPSA) is 95.1 Å². The van der Waals surface area contributed by atoms with Crippen molar-refractivity contribution < 1.29 is 13.9 Å². The Labute approximate surface area is 246 Å². The molecule has 1 N–H and O–H groups in total. The molecule has 0 amide bonds. The number of hydrogen-bond donors (Lipinski definition) is 1. The van der Waals surface area contributed by atoms with Crippen molar-refractivity contribution in [3.8, 4) is 22.8 Å². The summed E-state index contributed by atoms with van der Waals surface area (Å²) in [5.74, 6) is 2.14. The quantitative estimate of drug-likeness (QED) is 0.149. The van der Waals surface area contributed by atoms with Crippen LogP contribution in [0.25, 0.3) is 22.8 Å². The van der Waals surface area contributed by atoms with Crippen LogP contribution in [-0.4, -0.2) is 32.3 Å². The largest absolute Gasteiger partial charge is 0.463 e. The number of allylic oxidation sites excluding steroid dienone is 1. The van der Waals surface area contributed by atoms with E-state index in [1.54, 1.807) is 29.9 Å². The summed E-state index contributed by atoms with van der Waals surface area (Å²) in [6.45, 7) is 3.91. The Morgan fingerprint density at radius 2 is 1.80 bits per heavy atom. The zero-order valence-electron chi connectivity index (χ0n) is 22.4. The molecule has 2 aromatic heterocycles. The van der Waals surface area contributed by atoms with E-state index >= 15 is 0 Å². The molecule has 0 aliphatic carbocycles. The van der Waals surface area contributed by atoms with Gasteiger partial charge in [0.05, 0.1) is 18.4 Å². The van der Waals surface area contributed by atoms with Gasteiger partial charge in [-0.25, -0.2) is 14.5 Å². The smallest absolute Gasteiger partial charge is 0.338 e. The number of anilines is 1. The van der Waals surface area contributed by atoms with E-state index in [2.05, 4.69) is 10.3 Å². The Morgan fingerprint density at radius 3 is 2.54 bits per heavy atom. The Hall–Kier alpha value is -4.34. The average Bonchev–Trinajstić information content (AvgIpc) is 3.64. The number of oxazole rings is 1. The third-order valence-electron chi connectivity index (χ3n) is 6.65. The minimum absolute atomic E-state index is 0.275. The maximum Gasteiger partial charge on any atom is 0.338 e. The van der Waals surface area contributed by atoms with E-state index < -0.39 is 12.0 Å². The van der Waals surface area contributed by atoms with Gasteiger partial charge in [-0.3, -0.25) is 0 Å². The molecule has 0 unspecified atom stereocenters. The number of carbonyl (C=O) groups is 1. The number of carbonyl (C=O) groups excluding carboxylic acids is 1. The minimum atomic E-state index is -0.495. The lowest BCUT2D eigenvalue weighted by molar-refractivity contribution is -0.139. The van der Waals surface area contributed by atoms with Crippen LogP contribution in [-0.2, 0) is 15.3 Å². The van der Waals surface area contributed by atoms with Crippen molar-refractivity contribution in [2.75, 3.05) is 11.9 Å². The van der Waals surface area contributed by atoms with E-state index in [9.17, 15) is 4.79 Å². The van der Waals surface area contributed by atoms with Crippen molar-refractivity contribution >= 4 is 35.3 Å². The zero-order valence-corrected chi connectivity index (χ0v) is 23.9. The van der Waals surface area contributed by atoms with Gasteiger partial charge in [-0.2, -0.15) is 4.98 Å². The Bertz CT molecular complexity index is 1710. The van der Waals surface area contributed by atoms with Crippen LogP contribution in [0.5, 0.6) is 0 Å². The van der Waals surface area contributed by atoms with Crippen LogP contribution >= 0.6 is 23.4 Å². The van der Waals surface area contributed by atoms with Crippen LogP contribution in [0.4, 0.5) is 5.95 Å². The van der Waals surface area contributed by atoms with E-state index in [4.69, 9.17) is 30.8 Å². The van der Waals surface area contributed by atoms with E-state index in [0.29, 0.717) is 39.0 Å². The summed E-state index contributed by atoms with van der Waals surface area (Å²) in [5, 5.41) is 9.21. The lowest BCUT2D eigenvalue weighted by Gasteiger charge is -2.28. The Kier molecular flexibility index (Phi) is 7.63. The number of rotatable bonds is 8. The second kappa shape index (κ2) is 11.6. The Balaban J connectivity index is 1.20. The second-order valence-corrected chi connectivity index (χ2v) is 10.8. The molecule has 0 bridgehead atoms. The van der Waals surface area contributed by atoms with Crippen LogP contribution in [0, 0.1) is 0 Å².